The van der Waals surface area contributed by atoms with Crippen LogP contribution in [0.3, 0.4) is 0 Å². The van der Waals surface area contributed by atoms with E-state index in [1.54, 1.807) is 0 Å². The number of nitrogens with zero attached hydrogens (tertiary/aromatic N) is 2. The van der Waals surface area contributed by atoms with Crippen molar-refractivity contribution in [1.82, 2.24) is 9.97 Å². The van der Waals surface area contributed by atoms with Crippen LogP contribution in [0.2, 0.25) is 0 Å². The number of aryl methyl sites for hydroxylation is 2. The van der Waals surface area contributed by atoms with Gasteiger partial charge in [-0.2, -0.15) is 0 Å². The van der Waals surface area contributed by atoms with Crippen molar-refractivity contribution in [2.75, 3.05) is 0 Å². The molecule has 6 aromatic rings. The SMILES string of the molecule is Cc1ccc(-c2[c-]cccc2)nc1.Cc1cccnc1-c1[c-]cc2c(c1)-c1ccccc1-c1ccccc1O2.[Ir]. The van der Waals surface area contributed by atoms with Crippen LogP contribution in [0.15, 0.2) is 122 Å². The molecule has 1 radical (unpaired) electrons. The van der Waals surface area contributed by atoms with Crippen LogP contribution in [0.1, 0.15) is 11.1 Å². The molecule has 7 rings (SSSR count). The molecule has 0 saturated heterocycles. The first kappa shape index (κ1) is 27.2. The van der Waals surface area contributed by atoms with Crippen LogP contribution < -0.4 is 4.74 Å². The molecule has 4 heteroatoms. The first-order valence-corrected chi connectivity index (χ1v) is 12.9. The Morgan fingerprint density at radius 1 is 0.625 bits per heavy atom. The molecule has 0 bridgehead atoms. The fourth-order valence-corrected chi connectivity index (χ4v) is 4.71. The van der Waals surface area contributed by atoms with Crippen molar-refractivity contribution in [3.8, 4) is 56.3 Å². The molecule has 0 saturated carbocycles. The van der Waals surface area contributed by atoms with Crippen LogP contribution in [0.4, 0.5) is 0 Å². The van der Waals surface area contributed by atoms with E-state index in [2.05, 4.69) is 77.6 Å². The topological polar surface area (TPSA) is 35.0 Å². The minimum atomic E-state index is 0. The largest absolute Gasteiger partial charge is 0.500 e. The van der Waals surface area contributed by atoms with Crippen LogP contribution in [0.25, 0.3) is 44.8 Å². The molecule has 0 aliphatic carbocycles. The Bertz CT molecular complexity index is 1750. The van der Waals surface area contributed by atoms with Crippen molar-refractivity contribution in [3.05, 3.63) is 145 Å². The number of hydrogen-bond acceptors (Lipinski definition) is 3. The van der Waals surface area contributed by atoms with Gasteiger partial charge in [0.2, 0.25) is 0 Å². The van der Waals surface area contributed by atoms with Crippen molar-refractivity contribution in [2.45, 2.75) is 13.8 Å². The molecule has 0 spiro atoms. The summed E-state index contributed by atoms with van der Waals surface area (Å²) in [6.07, 6.45) is 3.69. The van der Waals surface area contributed by atoms with E-state index in [0.717, 1.165) is 56.3 Å². The molecule has 3 heterocycles. The third kappa shape index (κ3) is 5.65. The summed E-state index contributed by atoms with van der Waals surface area (Å²) in [7, 11) is 0. The fraction of sp³-hybridized carbons (Fsp3) is 0.0556. The van der Waals surface area contributed by atoms with Gasteiger partial charge in [0.15, 0.2) is 0 Å². The molecule has 3 nitrogen and oxygen atoms in total. The van der Waals surface area contributed by atoms with Gasteiger partial charge >= 0.3 is 0 Å². The van der Waals surface area contributed by atoms with E-state index in [9.17, 15) is 0 Å². The minimum absolute atomic E-state index is 0. The number of ether oxygens (including phenoxy) is 1. The predicted octanol–water partition coefficient (Wildman–Crippen LogP) is 9.15. The number of fused-ring (bicyclic) bond motifs is 5. The fourth-order valence-electron chi connectivity index (χ4n) is 4.71. The molecule has 0 fully saturated rings. The van der Waals surface area contributed by atoms with Gasteiger partial charge in [0.1, 0.15) is 5.75 Å². The van der Waals surface area contributed by atoms with E-state index in [1.165, 1.54) is 11.1 Å². The van der Waals surface area contributed by atoms with E-state index in [1.807, 2.05) is 80.0 Å². The van der Waals surface area contributed by atoms with Crippen LogP contribution in [0, 0.1) is 26.0 Å². The van der Waals surface area contributed by atoms with E-state index in [0.29, 0.717) is 0 Å². The van der Waals surface area contributed by atoms with Crippen molar-refractivity contribution in [2.24, 2.45) is 0 Å². The summed E-state index contributed by atoms with van der Waals surface area (Å²) in [5.41, 5.74) is 10.8. The van der Waals surface area contributed by atoms with E-state index < -0.39 is 0 Å². The van der Waals surface area contributed by atoms with Gasteiger partial charge in [-0.3, -0.25) is 0 Å². The number of hydrogen-bond donors (Lipinski definition) is 0. The van der Waals surface area contributed by atoms with E-state index >= 15 is 0 Å². The van der Waals surface area contributed by atoms with Gasteiger partial charge in [0.25, 0.3) is 0 Å². The third-order valence-electron chi connectivity index (χ3n) is 6.69. The van der Waals surface area contributed by atoms with Gasteiger partial charge in [-0.25, -0.2) is 0 Å². The van der Waals surface area contributed by atoms with Crippen LogP contribution >= 0.6 is 0 Å². The molecule has 0 atom stereocenters. The van der Waals surface area contributed by atoms with Gasteiger partial charge in [0, 0.05) is 38.1 Å². The van der Waals surface area contributed by atoms with Crippen molar-refractivity contribution in [1.29, 1.82) is 0 Å². The third-order valence-corrected chi connectivity index (χ3v) is 6.69. The van der Waals surface area contributed by atoms with Gasteiger partial charge in [-0.1, -0.05) is 71.8 Å². The Hall–Kier alpha value is -4.37. The van der Waals surface area contributed by atoms with Gasteiger partial charge in [-0.15, -0.1) is 59.7 Å². The van der Waals surface area contributed by atoms with E-state index in [-0.39, 0.29) is 20.1 Å². The second-order valence-electron chi connectivity index (χ2n) is 9.43. The molecule has 0 N–H and O–H groups in total. The zero-order valence-electron chi connectivity index (χ0n) is 22.2. The number of para-hydroxylation sites is 1. The summed E-state index contributed by atoms with van der Waals surface area (Å²) >= 11 is 0. The summed E-state index contributed by atoms with van der Waals surface area (Å²) in [6.45, 7) is 4.10. The number of pyridine rings is 2. The molecule has 197 valence electrons. The van der Waals surface area contributed by atoms with Crippen LogP contribution in [-0.4, -0.2) is 9.97 Å². The van der Waals surface area contributed by atoms with Crippen molar-refractivity contribution < 1.29 is 24.8 Å². The second kappa shape index (κ2) is 12.2. The zero-order chi connectivity index (χ0) is 26.6. The molecule has 4 aromatic carbocycles. The Balaban J connectivity index is 0.000000195. The zero-order valence-corrected chi connectivity index (χ0v) is 24.6. The first-order valence-electron chi connectivity index (χ1n) is 12.9. The normalized spacial score (nSPS) is 10.8. The molecular weight excluding hydrogens is 669 g/mol. The van der Waals surface area contributed by atoms with Gasteiger partial charge < -0.3 is 14.7 Å². The molecule has 2 aromatic heterocycles. The molecule has 0 unspecified atom stereocenters. The molecular formula is C36H26IrN2O-2. The number of rotatable bonds is 2. The smallest absolute Gasteiger partial charge is 0.122 e. The van der Waals surface area contributed by atoms with E-state index in [4.69, 9.17) is 4.74 Å². The van der Waals surface area contributed by atoms with Gasteiger partial charge in [0.05, 0.1) is 5.75 Å². The maximum absolute atomic E-state index is 6.25. The Labute approximate surface area is 248 Å². The van der Waals surface area contributed by atoms with Crippen molar-refractivity contribution >= 4 is 0 Å². The van der Waals surface area contributed by atoms with Gasteiger partial charge in [-0.05, 0) is 54.1 Å². The monoisotopic (exact) mass is 695 g/mol. The molecule has 1 aliphatic rings. The summed E-state index contributed by atoms with van der Waals surface area (Å²) < 4.78 is 6.25. The maximum Gasteiger partial charge on any atom is 0.122 e. The summed E-state index contributed by atoms with van der Waals surface area (Å²) in [5, 5.41) is 0. The van der Waals surface area contributed by atoms with Crippen molar-refractivity contribution in [3.63, 3.8) is 0 Å². The number of benzene rings is 4. The Morgan fingerprint density at radius 3 is 2.10 bits per heavy atom. The average molecular weight is 695 g/mol. The summed E-state index contributed by atoms with van der Waals surface area (Å²) in [6, 6.07) is 43.1. The molecule has 1 aliphatic heterocycles. The molecule has 40 heavy (non-hydrogen) atoms. The predicted molar refractivity (Wildman–Crippen MR) is 157 cm³/mol. The Morgan fingerprint density at radius 2 is 1.38 bits per heavy atom. The Kier molecular flexibility index (Phi) is 8.31. The van der Waals surface area contributed by atoms with Crippen LogP contribution in [0.5, 0.6) is 11.5 Å². The average Bonchev–Trinajstić information content (AvgIpc) is 3.13. The molecule has 0 amide bonds. The minimum Gasteiger partial charge on any atom is -0.500 e. The maximum atomic E-state index is 6.25. The second-order valence-corrected chi connectivity index (χ2v) is 9.43. The first-order chi connectivity index (χ1) is 19.2. The summed E-state index contributed by atoms with van der Waals surface area (Å²) in [5.74, 6) is 1.69. The summed E-state index contributed by atoms with van der Waals surface area (Å²) in [4.78, 5) is 8.86. The number of aromatic nitrogens is 2. The quantitative estimate of drug-likeness (QED) is 0.169. The van der Waals surface area contributed by atoms with Crippen LogP contribution in [-0.2, 0) is 20.1 Å². The standard InChI is InChI=1S/C24H16NO.C12H10N.Ir/c1-16-7-6-14-25-24(16)17-12-13-23-21(15-17)19-9-3-2-8-18(19)20-10-4-5-11-22(20)26-23;1-10-7-8-12(13-9-10)11-5-3-2-4-6-11;/h2-11,13-15H,1H3;2-5,7-9H,1H3;/q2*-1;.